The first-order valence-corrected chi connectivity index (χ1v) is 11.1. The van der Waals surface area contributed by atoms with Crippen molar-refractivity contribution < 1.29 is 9.59 Å². The van der Waals surface area contributed by atoms with E-state index in [-0.39, 0.29) is 23.9 Å². The number of aryl methyl sites for hydroxylation is 2. The zero-order valence-electron chi connectivity index (χ0n) is 18.8. The molecule has 33 heavy (non-hydrogen) atoms. The highest BCUT2D eigenvalue weighted by molar-refractivity contribution is 6.04. The Morgan fingerprint density at radius 1 is 1.15 bits per heavy atom. The zero-order chi connectivity index (χ0) is 23.4. The highest BCUT2D eigenvalue weighted by Crippen LogP contribution is 2.36. The lowest BCUT2D eigenvalue weighted by Gasteiger charge is -2.32. The van der Waals surface area contributed by atoms with Crippen LogP contribution in [0.3, 0.4) is 0 Å². The highest BCUT2D eigenvalue weighted by atomic mass is 16.2. The molecule has 2 N–H and O–H groups in total. The molecule has 1 aromatic carbocycles. The van der Waals surface area contributed by atoms with Gasteiger partial charge in [0, 0.05) is 33.2 Å². The fourth-order valence-electron chi connectivity index (χ4n) is 5.04. The van der Waals surface area contributed by atoms with Gasteiger partial charge in [0.15, 0.2) is 0 Å². The molecule has 0 saturated carbocycles. The van der Waals surface area contributed by atoms with Gasteiger partial charge in [-0.2, -0.15) is 0 Å². The molecule has 0 aliphatic carbocycles. The third kappa shape index (κ3) is 3.16. The summed E-state index contributed by atoms with van der Waals surface area (Å²) in [4.78, 5) is 53.1. The summed E-state index contributed by atoms with van der Waals surface area (Å²) in [6.45, 7) is 2.97. The molecule has 2 aliphatic rings. The Kier molecular flexibility index (Phi) is 4.88. The second-order valence-electron chi connectivity index (χ2n) is 8.70. The van der Waals surface area contributed by atoms with Crippen LogP contribution in [0.1, 0.15) is 30.3 Å². The van der Waals surface area contributed by atoms with Gasteiger partial charge in [-0.15, -0.1) is 0 Å². The molecule has 0 spiro atoms. The van der Waals surface area contributed by atoms with Gasteiger partial charge in [0.25, 0.3) is 11.5 Å². The Hall–Kier alpha value is -3.82. The van der Waals surface area contributed by atoms with Gasteiger partial charge >= 0.3 is 5.69 Å². The lowest BCUT2D eigenvalue weighted by molar-refractivity contribution is -0.117. The van der Waals surface area contributed by atoms with Crippen LogP contribution < -0.4 is 26.8 Å². The predicted molar refractivity (Wildman–Crippen MR) is 125 cm³/mol. The molecule has 2 aliphatic heterocycles. The summed E-state index contributed by atoms with van der Waals surface area (Å²) in [5.74, 6) is -0.406. The second kappa shape index (κ2) is 7.65. The molecule has 2 atom stereocenters. The molecule has 10 nitrogen and oxygen atoms in total. The number of anilines is 2. The number of fused-ring (bicyclic) bond motifs is 4. The van der Waals surface area contributed by atoms with Crippen LogP contribution in [0.25, 0.3) is 11.0 Å². The Bertz CT molecular complexity index is 1410. The molecular weight excluding hydrogens is 424 g/mol. The van der Waals surface area contributed by atoms with Crippen LogP contribution in [0.2, 0.25) is 0 Å². The lowest BCUT2D eigenvalue weighted by atomic mass is 10.1. The number of hydrogen-bond acceptors (Lipinski definition) is 5. The summed E-state index contributed by atoms with van der Waals surface area (Å²) in [6.07, 6.45) is 1.21. The Labute approximate surface area is 189 Å². The third-order valence-corrected chi connectivity index (χ3v) is 6.59. The van der Waals surface area contributed by atoms with Crippen LogP contribution in [0.5, 0.6) is 0 Å². The Morgan fingerprint density at radius 3 is 2.67 bits per heavy atom. The van der Waals surface area contributed by atoms with E-state index in [1.54, 1.807) is 17.7 Å². The van der Waals surface area contributed by atoms with Crippen molar-refractivity contribution in [3.8, 4) is 0 Å². The van der Waals surface area contributed by atoms with Gasteiger partial charge in [0.2, 0.25) is 5.91 Å². The number of para-hydroxylation sites is 2. The van der Waals surface area contributed by atoms with E-state index in [9.17, 15) is 19.2 Å². The van der Waals surface area contributed by atoms with Crippen molar-refractivity contribution in [2.45, 2.75) is 38.4 Å². The van der Waals surface area contributed by atoms with Crippen molar-refractivity contribution in [3.05, 3.63) is 56.9 Å². The van der Waals surface area contributed by atoms with E-state index in [4.69, 9.17) is 0 Å². The van der Waals surface area contributed by atoms with E-state index < -0.39 is 11.2 Å². The average Bonchev–Trinajstić information content (AvgIpc) is 3.39. The fraction of sp³-hybridized carbons (Fsp3) is 0.391. The van der Waals surface area contributed by atoms with Gasteiger partial charge in [-0.25, -0.2) is 4.79 Å². The Morgan fingerprint density at radius 2 is 1.91 bits per heavy atom. The van der Waals surface area contributed by atoms with Crippen LogP contribution in [-0.2, 0) is 25.4 Å². The van der Waals surface area contributed by atoms with Gasteiger partial charge in [0.1, 0.15) is 17.4 Å². The molecule has 3 aromatic rings. The maximum absolute atomic E-state index is 13.3. The fourth-order valence-corrected chi connectivity index (χ4v) is 5.04. The molecule has 2 aromatic heterocycles. The van der Waals surface area contributed by atoms with E-state index in [2.05, 4.69) is 10.6 Å². The number of carbonyl (C=O) groups excluding carboxylic acids is 2. The zero-order valence-corrected chi connectivity index (χ0v) is 18.8. The second-order valence-corrected chi connectivity index (χ2v) is 8.70. The Balaban J connectivity index is 1.48. The molecule has 1 saturated heterocycles. The van der Waals surface area contributed by atoms with Crippen LogP contribution in [0.15, 0.2) is 39.9 Å². The summed E-state index contributed by atoms with van der Waals surface area (Å²) >= 11 is 0. The number of hydrogen-bond donors (Lipinski definition) is 2. The molecule has 5 rings (SSSR count). The largest absolute Gasteiger partial charge is 0.356 e. The van der Waals surface area contributed by atoms with Gasteiger partial charge in [-0.05, 0) is 31.0 Å². The summed E-state index contributed by atoms with van der Waals surface area (Å²) in [5, 5.41) is 6.32. The quantitative estimate of drug-likeness (QED) is 0.610. The molecule has 0 bridgehead atoms. The molecule has 2 amide bonds. The van der Waals surface area contributed by atoms with Crippen molar-refractivity contribution in [2.75, 3.05) is 16.8 Å². The molecule has 0 radical (unpaired) electrons. The smallest absolute Gasteiger partial charge is 0.332 e. The number of nitrogens with zero attached hydrogens (tertiary/aromatic N) is 4. The first-order valence-electron chi connectivity index (χ1n) is 11.1. The standard InChI is InChI=1S/C23H26N6O4/c1-4-9-28-18(11-14-21(28)26(2)23(33)27(3)22(14)32)19(30)24-13-10-17-20(31)25-15-7-5-6-8-16(15)29(17)12-13/h5-8,11,13,17H,4,9-10,12H2,1-3H3,(H,24,30)(H,25,31). The van der Waals surface area contributed by atoms with Crippen LogP contribution in [-0.4, -0.2) is 44.1 Å². The van der Waals surface area contributed by atoms with E-state index in [1.165, 1.54) is 11.6 Å². The van der Waals surface area contributed by atoms with Gasteiger partial charge in [-0.1, -0.05) is 19.1 Å². The number of rotatable bonds is 4. The molecular formula is C23H26N6O4. The maximum atomic E-state index is 13.3. The molecule has 1 fully saturated rings. The van der Waals surface area contributed by atoms with Crippen LogP contribution in [0.4, 0.5) is 11.4 Å². The van der Waals surface area contributed by atoms with Crippen LogP contribution in [0, 0.1) is 0 Å². The average molecular weight is 450 g/mol. The minimum atomic E-state index is -0.438. The van der Waals surface area contributed by atoms with Crippen molar-refractivity contribution in [1.29, 1.82) is 0 Å². The van der Waals surface area contributed by atoms with Crippen molar-refractivity contribution in [2.24, 2.45) is 14.1 Å². The topological polar surface area (TPSA) is 110 Å². The van der Waals surface area contributed by atoms with Gasteiger partial charge in [-0.3, -0.25) is 23.5 Å². The van der Waals surface area contributed by atoms with E-state index in [0.29, 0.717) is 36.2 Å². The summed E-state index contributed by atoms with van der Waals surface area (Å²) in [7, 11) is 3.03. The van der Waals surface area contributed by atoms with Crippen molar-refractivity contribution in [1.82, 2.24) is 19.0 Å². The number of benzene rings is 1. The summed E-state index contributed by atoms with van der Waals surface area (Å²) in [6, 6.07) is 8.60. The maximum Gasteiger partial charge on any atom is 0.332 e. The van der Waals surface area contributed by atoms with Crippen LogP contribution >= 0.6 is 0 Å². The van der Waals surface area contributed by atoms with E-state index in [0.717, 1.165) is 22.4 Å². The van der Waals surface area contributed by atoms with Crippen molar-refractivity contribution >= 4 is 34.2 Å². The molecule has 172 valence electrons. The normalized spacial score (nSPS) is 19.4. The minimum Gasteiger partial charge on any atom is -0.356 e. The minimum absolute atomic E-state index is 0.0796. The molecule has 10 heteroatoms. The van der Waals surface area contributed by atoms with Crippen molar-refractivity contribution in [3.63, 3.8) is 0 Å². The number of aromatic nitrogens is 3. The summed E-state index contributed by atoms with van der Waals surface area (Å²) in [5.41, 5.74) is 1.62. The van der Waals surface area contributed by atoms with E-state index >= 15 is 0 Å². The SMILES string of the molecule is CCCn1c(C(=O)NC2CC3C(=O)Nc4ccccc4N3C2)cc2c(=O)n(C)c(=O)n(C)c21. The number of amides is 2. The lowest BCUT2D eigenvalue weighted by Crippen LogP contribution is -2.44. The molecule has 4 heterocycles. The number of carbonyl (C=O) groups is 2. The first kappa shape index (κ1) is 21.0. The van der Waals surface area contributed by atoms with Gasteiger partial charge in [0.05, 0.1) is 16.8 Å². The number of nitrogens with one attached hydrogen (secondary N) is 2. The highest BCUT2D eigenvalue weighted by Gasteiger charge is 2.41. The predicted octanol–water partition coefficient (Wildman–Crippen LogP) is 0.778. The third-order valence-electron chi connectivity index (χ3n) is 6.59. The summed E-state index contributed by atoms with van der Waals surface area (Å²) < 4.78 is 4.18. The van der Waals surface area contributed by atoms with Gasteiger partial charge < -0.3 is 20.1 Å². The van der Waals surface area contributed by atoms with E-state index in [1.807, 2.05) is 36.1 Å². The first-order chi connectivity index (χ1) is 15.8. The molecule has 2 unspecified atom stereocenters. The monoisotopic (exact) mass is 450 g/mol.